The van der Waals surface area contributed by atoms with Crippen LogP contribution in [0, 0.1) is 0 Å². The van der Waals surface area contributed by atoms with Crippen LogP contribution in [0.2, 0.25) is 0 Å². The van der Waals surface area contributed by atoms with Gasteiger partial charge in [0.15, 0.2) is 0 Å². The molecule has 0 radical (unpaired) electrons. The monoisotopic (exact) mass is 400 g/mol. The number of hydrogen-bond acceptors (Lipinski definition) is 2. The number of carbonyl (C=O) groups excluding carboxylic acids is 1. The smallest absolute Gasteiger partial charge is 0.320 e. The van der Waals surface area contributed by atoms with E-state index in [1.165, 1.54) is 12.5 Å². The number of carbonyl (C=O) groups is 1. The largest absolute Gasteiger partial charge is 0.415 e. The first-order valence-electron chi connectivity index (χ1n) is 7.94. The summed E-state index contributed by atoms with van der Waals surface area (Å²) in [5.74, 6) is -7.81. The molecule has 26 heavy (non-hydrogen) atoms. The lowest BCUT2D eigenvalue weighted by Gasteiger charge is -2.24. The van der Waals surface area contributed by atoms with Crippen molar-refractivity contribution in [3.63, 3.8) is 0 Å². The zero-order chi connectivity index (χ0) is 20.8. The Morgan fingerprint density at radius 1 is 0.923 bits per heavy atom. The van der Waals surface area contributed by atoms with Gasteiger partial charge in [-0.1, -0.05) is 28.9 Å². The Morgan fingerprint density at radius 3 is 1.85 bits per heavy atom. The average Bonchev–Trinajstić information content (AvgIpc) is 2.45. The first-order valence-corrected chi connectivity index (χ1v) is 9.56. The van der Waals surface area contributed by atoms with Crippen molar-refractivity contribution in [1.82, 2.24) is 0 Å². The molecule has 150 valence electrons. The van der Waals surface area contributed by atoms with E-state index < -0.39 is 25.0 Å². The molecule has 0 aromatic carbocycles. The second-order valence-electron chi connectivity index (χ2n) is 6.42. The standard InChI is InChI=1S/C17H25F4O4P/c1-12(2)7-5-8-13(3)9-6-10-14(4)11-15(22)16(18,19)17(20,21)26(23,24)25/h7,9,11H,5-6,8,10H2,1-4H3,(H2,23,24,25). The lowest BCUT2D eigenvalue weighted by Crippen LogP contribution is -2.46. The summed E-state index contributed by atoms with van der Waals surface area (Å²) in [4.78, 5) is 28.1. The summed E-state index contributed by atoms with van der Waals surface area (Å²) in [6.07, 6.45) is 6.55. The molecule has 0 aliphatic heterocycles. The number of ketones is 1. The molecule has 0 fully saturated rings. The Balaban J connectivity index is 4.89. The van der Waals surface area contributed by atoms with Crippen LogP contribution in [0.4, 0.5) is 17.6 Å². The van der Waals surface area contributed by atoms with Crippen molar-refractivity contribution < 1.29 is 36.7 Å². The Morgan fingerprint density at radius 2 is 1.38 bits per heavy atom. The number of alkyl halides is 4. The molecule has 0 bridgehead atoms. The highest BCUT2D eigenvalue weighted by Gasteiger charge is 2.71. The molecule has 0 atom stereocenters. The van der Waals surface area contributed by atoms with E-state index in [1.54, 1.807) is 0 Å². The predicted molar refractivity (Wildman–Crippen MR) is 92.4 cm³/mol. The zero-order valence-electron chi connectivity index (χ0n) is 15.2. The molecule has 0 aliphatic carbocycles. The lowest BCUT2D eigenvalue weighted by molar-refractivity contribution is -0.178. The Labute approximate surface area is 150 Å². The third-order valence-corrected chi connectivity index (χ3v) is 4.57. The molecule has 4 nitrogen and oxygen atoms in total. The summed E-state index contributed by atoms with van der Waals surface area (Å²) in [5.41, 5.74) is -3.37. The van der Waals surface area contributed by atoms with Gasteiger partial charge in [0, 0.05) is 0 Å². The molecule has 0 heterocycles. The molecule has 2 N–H and O–H groups in total. The summed E-state index contributed by atoms with van der Waals surface area (Å²) < 4.78 is 63.8. The molecule has 0 rings (SSSR count). The van der Waals surface area contributed by atoms with Crippen LogP contribution in [0.25, 0.3) is 0 Å². The Bertz CT molecular complexity index is 641. The normalized spacial score (nSPS) is 14.4. The van der Waals surface area contributed by atoms with Gasteiger partial charge >= 0.3 is 19.2 Å². The van der Waals surface area contributed by atoms with E-state index in [0.717, 1.165) is 18.4 Å². The quantitative estimate of drug-likeness (QED) is 0.223. The van der Waals surface area contributed by atoms with Crippen LogP contribution in [0.5, 0.6) is 0 Å². The van der Waals surface area contributed by atoms with E-state index in [2.05, 4.69) is 6.08 Å². The van der Waals surface area contributed by atoms with Gasteiger partial charge < -0.3 is 9.79 Å². The highest BCUT2D eigenvalue weighted by Crippen LogP contribution is 2.60. The molecule has 0 aliphatic rings. The van der Waals surface area contributed by atoms with Crippen LogP contribution in [0.1, 0.15) is 53.4 Å². The summed E-state index contributed by atoms with van der Waals surface area (Å²) in [7, 11) is -6.49. The van der Waals surface area contributed by atoms with Crippen molar-refractivity contribution in [1.29, 1.82) is 0 Å². The first kappa shape index (κ1) is 24.8. The van der Waals surface area contributed by atoms with Crippen LogP contribution >= 0.6 is 7.60 Å². The molecule has 0 aromatic heterocycles. The van der Waals surface area contributed by atoms with Gasteiger partial charge in [-0.25, -0.2) is 0 Å². The van der Waals surface area contributed by atoms with Gasteiger partial charge in [0.2, 0.25) is 5.78 Å². The fourth-order valence-corrected chi connectivity index (χ4v) is 2.43. The number of hydrogen-bond donors (Lipinski definition) is 2. The SMILES string of the molecule is CC(C)=CCCC(C)=CCCC(C)=CC(=O)C(F)(F)C(F)(F)P(=O)(O)O. The second kappa shape index (κ2) is 9.62. The summed E-state index contributed by atoms with van der Waals surface area (Å²) >= 11 is 0. The molecule has 9 heteroatoms. The van der Waals surface area contributed by atoms with E-state index in [9.17, 15) is 26.9 Å². The van der Waals surface area contributed by atoms with E-state index in [-0.39, 0.29) is 12.0 Å². The van der Waals surface area contributed by atoms with Crippen molar-refractivity contribution >= 4 is 13.4 Å². The van der Waals surface area contributed by atoms with Crippen molar-refractivity contribution in [3.8, 4) is 0 Å². The van der Waals surface area contributed by atoms with Crippen LogP contribution in [0.3, 0.4) is 0 Å². The average molecular weight is 400 g/mol. The van der Waals surface area contributed by atoms with Crippen LogP contribution < -0.4 is 0 Å². The van der Waals surface area contributed by atoms with Crippen molar-refractivity contribution in [3.05, 3.63) is 34.9 Å². The highest BCUT2D eigenvalue weighted by molar-refractivity contribution is 7.53. The number of allylic oxidation sites excluding steroid dienone is 6. The van der Waals surface area contributed by atoms with Crippen molar-refractivity contribution in [2.75, 3.05) is 0 Å². The third kappa shape index (κ3) is 7.17. The van der Waals surface area contributed by atoms with E-state index in [4.69, 9.17) is 9.79 Å². The van der Waals surface area contributed by atoms with Crippen LogP contribution in [-0.4, -0.2) is 27.2 Å². The van der Waals surface area contributed by atoms with Gasteiger partial charge in [0.1, 0.15) is 0 Å². The minimum Gasteiger partial charge on any atom is -0.320 e. The highest BCUT2D eigenvalue weighted by atomic mass is 31.2. The Hall–Kier alpha value is -1.24. The van der Waals surface area contributed by atoms with E-state index >= 15 is 0 Å². The fourth-order valence-electron chi connectivity index (χ4n) is 1.95. The zero-order valence-corrected chi connectivity index (χ0v) is 16.1. The molecular formula is C17H25F4O4P. The van der Waals surface area contributed by atoms with Gasteiger partial charge in [-0.05, 0) is 59.5 Å². The maximum atomic E-state index is 13.5. The Kier molecular flexibility index (Phi) is 9.17. The second-order valence-corrected chi connectivity index (χ2v) is 8.07. The molecule has 0 amide bonds. The molecule has 0 saturated carbocycles. The molecule has 0 spiro atoms. The number of rotatable bonds is 10. The molecule has 0 unspecified atom stereocenters. The first-order chi connectivity index (χ1) is 11.6. The van der Waals surface area contributed by atoms with E-state index in [1.807, 2.05) is 26.8 Å². The lowest BCUT2D eigenvalue weighted by atomic mass is 10.0. The summed E-state index contributed by atoms with van der Waals surface area (Å²) in [6.45, 7) is 7.18. The van der Waals surface area contributed by atoms with Crippen molar-refractivity contribution in [2.24, 2.45) is 0 Å². The fraction of sp³-hybridized carbons (Fsp3) is 0.588. The minimum absolute atomic E-state index is 0.115. The van der Waals surface area contributed by atoms with E-state index in [0.29, 0.717) is 12.5 Å². The molecule has 0 aromatic rings. The van der Waals surface area contributed by atoms with Gasteiger partial charge in [-0.2, -0.15) is 17.6 Å². The van der Waals surface area contributed by atoms with Crippen LogP contribution in [-0.2, 0) is 9.36 Å². The maximum absolute atomic E-state index is 13.5. The predicted octanol–water partition coefficient (Wildman–Crippen LogP) is 5.38. The molecular weight excluding hydrogens is 375 g/mol. The number of halogens is 4. The maximum Gasteiger partial charge on any atom is 0.415 e. The third-order valence-electron chi connectivity index (χ3n) is 3.55. The minimum atomic E-state index is -6.49. The van der Waals surface area contributed by atoms with Gasteiger partial charge in [0.25, 0.3) is 0 Å². The molecule has 0 saturated heterocycles. The van der Waals surface area contributed by atoms with Gasteiger partial charge in [0.05, 0.1) is 0 Å². The summed E-state index contributed by atoms with van der Waals surface area (Å²) in [5, 5.41) is 0. The van der Waals surface area contributed by atoms with Crippen molar-refractivity contribution in [2.45, 2.75) is 65.0 Å². The summed E-state index contributed by atoms with van der Waals surface area (Å²) in [6, 6.07) is 0. The van der Waals surface area contributed by atoms with Crippen LogP contribution in [0.15, 0.2) is 34.9 Å². The van der Waals surface area contributed by atoms with Gasteiger partial charge in [-0.15, -0.1) is 0 Å². The topological polar surface area (TPSA) is 74.6 Å². The van der Waals surface area contributed by atoms with Gasteiger partial charge in [-0.3, -0.25) is 9.36 Å².